The first-order chi connectivity index (χ1) is 14.4. The highest BCUT2D eigenvalue weighted by molar-refractivity contribution is 5.82. The van der Waals surface area contributed by atoms with E-state index >= 15 is 0 Å². The van der Waals surface area contributed by atoms with Crippen LogP contribution in [0.4, 0.5) is 26.3 Å². The van der Waals surface area contributed by atoms with Crippen molar-refractivity contribution in [1.29, 1.82) is 0 Å². The summed E-state index contributed by atoms with van der Waals surface area (Å²) >= 11 is 0. The Kier molecular flexibility index (Phi) is 5.25. The molecule has 5 rings (SSSR count). The van der Waals surface area contributed by atoms with Crippen LogP contribution in [0.1, 0.15) is 43.7 Å². The number of ether oxygens (including phenoxy) is 1. The van der Waals surface area contributed by atoms with E-state index in [2.05, 4.69) is 0 Å². The predicted octanol–water partition coefficient (Wildman–Crippen LogP) is 4.71. The fourth-order valence-electron chi connectivity index (χ4n) is 6.24. The molecule has 0 spiro atoms. The fourth-order valence-corrected chi connectivity index (χ4v) is 6.24. The van der Waals surface area contributed by atoms with Gasteiger partial charge in [-0.25, -0.2) is 4.79 Å². The minimum atomic E-state index is -5.22. The van der Waals surface area contributed by atoms with Crippen LogP contribution in [0.3, 0.4) is 0 Å². The monoisotopic (exact) mass is 449 g/mol. The van der Waals surface area contributed by atoms with Crippen molar-refractivity contribution in [2.45, 2.75) is 56.1 Å². The number of carbonyl (C=O) groups excluding carboxylic acids is 2. The number of carbonyl (C=O) groups is 2. The van der Waals surface area contributed by atoms with Crippen molar-refractivity contribution in [3.8, 4) is 0 Å². The van der Waals surface area contributed by atoms with Crippen molar-refractivity contribution >= 4 is 11.9 Å². The second-order valence-electron chi connectivity index (χ2n) is 8.94. The van der Waals surface area contributed by atoms with E-state index in [-0.39, 0.29) is 30.6 Å². The lowest BCUT2D eigenvalue weighted by molar-refractivity contribution is -0.247. The number of esters is 1. The van der Waals surface area contributed by atoms with E-state index in [1.54, 1.807) is 18.2 Å². The van der Waals surface area contributed by atoms with Crippen LogP contribution < -0.4 is 5.32 Å². The first kappa shape index (κ1) is 22.0. The van der Waals surface area contributed by atoms with Crippen LogP contribution in [0.5, 0.6) is 0 Å². The maximum absolute atomic E-state index is 13.1. The number of hydrogen-bond acceptors (Lipinski definition) is 3. The number of amides is 1. The number of halogens is 6. The molecule has 0 radical (unpaired) electrons. The van der Waals surface area contributed by atoms with Gasteiger partial charge in [0.2, 0.25) is 0 Å². The normalized spacial score (nSPS) is 33.1. The molecule has 1 aromatic carbocycles. The quantitative estimate of drug-likeness (QED) is 0.535. The molecule has 31 heavy (non-hydrogen) atoms. The zero-order valence-corrected chi connectivity index (χ0v) is 16.3. The minimum absolute atomic E-state index is 0.0459. The average Bonchev–Trinajstić information content (AvgIpc) is 2.65. The van der Waals surface area contributed by atoms with Crippen LogP contribution in [0.2, 0.25) is 0 Å². The van der Waals surface area contributed by atoms with Gasteiger partial charge in [-0.3, -0.25) is 4.79 Å². The van der Waals surface area contributed by atoms with E-state index in [1.807, 2.05) is 5.32 Å². The van der Waals surface area contributed by atoms with Crippen molar-refractivity contribution in [1.82, 2.24) is 5.32 Å². The van der Waals surface area contributed by atoms with Gasteiger partial charge in [0.25, 0.3) is 0 Å². The van der Waals surface area contributed by atoms with Crippen molar-refractivity contribution in [2.24, 2.45) is 23.7 Å². The number of nitrogens with one attached hydrogen (secondary N) is 1. The molecule has 0 heterocycles. The van der Waals surface area contributed by atoms with Gasteiger partial charge in [-0.2, -0.15) is 26.3 Å². The third-order valence-corrected chi connectivity index (χ3v) is 6.91. The van der Waals surface area contributed by atoms with Crippen LogP contribution in [-0.4, -0.2) is 29.8 Å². The van der Waals surface area contributed by atoms with E-state index in [1.165, 1.54) is 12.1 Å². The van der Waals surface area contributed by atoms with Crippen molar-refractivity contribution in [2.75, 3.05) is 0 Å². The van der Waals surface area contributed by atoms with Gasteiger partial charge in [0.1, 0.15) is 5.60 Å². The topological polar surface area (TPSA) is 55.4 Å². The Labute approximate surface area is 174 Å². The largest absolute Gasteiger partial charge is 0.490 e. The SMILES string of the molecule is O=C(N[C@@H](c1ccccc1)[C@H]1C2C[C@@H]3C[C@H](C2)CC1(OC(=O)C(F)(F)F)C3)C(F)(F)F. The molecule has 4 aliphatic carbocycles. The van der Waals surface area contributed by atoms with Crippen LogP contribution in [-0.2, 0) is 14.3 Å². The molecule has 4 nitrogen and oxygen atoms in total. The highest BCUT2D eigenvalue weighted by Crippen LogP contribution is 2.63. The lowest BCUT2D eigenvalue weighted by Gasteiger charge is -2.61. The van der Waals surface area contributed by atoms with Gasteiger partial charge < -0.3 is 10.1 Å². The van der Waals surface area contributed by atoms with Gasteiger partial charge in [-0.1, -0.05) is 30.3 Å². The molecule has 6 atom stereocenters. The Balaban J connectivity index is 1.76. The molecule has 1 amide bonds. The molecule has 0 aromatic heterocycles. The fraction of sp³-hybridized carbons (Fsp3) is 0.619. The summed E-state index contributed by atoms with van der Waals surface area (Å²) in [5, 5.41) is 2.00. The third-order valence-electron chi connectivity index (χ3n) is 6.91. The summed E-state index contributed by atoms with van der Waals surface area (Å²) in [5.74, 6) is -5.57. The Hall–Kier alpha value is -2.26. The highest BCUT2D eigenvalue weighted by atomic mass is 19.4. The Bertz CT molecular complexity index is 839. The van der Waals surface area contributed by atoms with Gasteiger partial charge in [-0.05, 0) is 55.4 Å². The van der Waals surface area contributed by atoms with Crippen LogP contribution in [0, 0.1) is 23.7 Å². The number of hydrogen-bond donors (Lipinski definition) is 1. The summed E-state index contributed by atoms with van der Waals surface area (Å²) in [7, 11) is 0. The van der Waals surface area contributed by atoms with E-state index in [0.717, 1.165) is 6.42 Å². The van der Waals surface area contributed by atoms with Crippen LogP contribution in [0.25, 0.3) is 0 Å². The van der Waals surface area contributed by atoms with E-state index < -0.39 is 41.8 Å². The van der Waals surface area contributed by atoms with E-state index in [9.17, 15) is 35.9 Å². The molecule has 1 N–H and O–H groups in total. The van der Waals surface area contributed by atoms with Gasteiger partial charge in [-0.15, -0.1) is 0 Å². The van der Waals surface area contributed by atoms with Gasteiger partial charge >= 0.3 is 24.2 Å². The molecule has 1 aromatic rings. The van der Waals surface area contributed by atoms with Gasteiger partial charge in [0.15, 0.2) is 0 Å². The number of alkyl halides is 6. The molecular weight excluding hydrogens is 428 g/mol. The van der Waals surface area contributed by atoms with Crippen LogP contribution >= 0.6 is 0 Å². The lowest BCUT2D eigenvalue weighted by Crippen LogP contribution is -2.63. The third kappa shape index (κ3) is 4.13. The molecule has 4 fully saturated rings. The first-order valence-corrected chi connectivity index (χ1v) is 10.1. The summed E-state index contributed by atoms with van der Waals surface area (Å²) < 4.78 is 83.5. The van der Waals surface area contributed by atoms with Crippen molar-refractivity contribution in [3.63, 3.8) is 0 Å². The Morgan fingerprint density at radius 2 is 1.52 bits per heavy atom. The smallest absolute Gasteiger partial charge is 0.452 e. The Morgan fingerprint density at radius 1 is 0.935 bits per heavy atom. The summed E-state index contributed by atoms with van der Waals surface area (Å²) in [6, 6.07) is 6.60. The zero-order chi connectivity index (χ0) is 22.6. The molecule has 0 aliphatic heterocycles. The second kappa shape index (κ2) is 7.41. The summed E-state index contributed by atoms with van der Waals surface area (Å²) in [5.41, 5.74) is -1.24. The number of rotatable bonds is 4. The summed E-state index contributed by atoms with van der Waals surface area (Å²) in [4.78, 5) is 23.7. The van der Waals surface area contributed by atoms with E-state index in [4.69, 9.17) is 4.74 Å². The van der Waals surface area contributed by atoms with Gasteiger partial charge in [0, 0.05) is 5.92 Å². The zero-order valence-electron chi connectivity index (χ0n) is 16.3. The minimum Gasteiger partial charge on any atom is -0.452 e. The Morgan fingerprint density at radius 3 is 2.03 bits per heavy atom. The average molecular weight is 449 g/mol. The van der Waals surface area contributed by atoms with Gasteiger partial charge in [0.05, 0.1) is 6.04 Å². The summed E-state index contributed by atoms with van der Waals surface area (Å²) in [6.07, 6.45) is -8.02. The molecule has 2 unspecified atom stereocenters. The standard InChI is InChI=1S/C21H21F6NO3/c22-20(23,24)17(29)28-16(13-4-2-1-3-5-13)15-14-7-11-6-12(8-14)10-19(15,9-11)31-18(30)21(25,26)27/h1-5,11-12,14-16H,6-10H2,(H,28,29)/t11-,12+,14?,15-,16+,19?/m1/s1. The van der Waals surface area contributed by atoms with Crippen molar-refractivity contribution < 1.29 is 40.7 Å². The molecular formula is C21H21F6NO3. The molecule has 0 saturated heterocycles. The van der Waals surface area contributed by atoms with Crippen LogP contribution in [0.15, 0.2) is 30.3 Å². The first-order valence-electron chi connectivity index (χ1n) is 10.1. The summed E-state index contributed by atoms with van der Waals surface area (Å²) in [6.45, 7) is 0. The maximum atomic E-state index is 13.1. The van der Waals surface area contributed by atoms with Crippen molar-refractivity contribution in [3.05, 3.63) is 35.9 Å². The second-order valence-corrected chi connectivity index (χ2v) is 8.94. The molecule has 10 heteroatoms. The molecule has 170 valence electrons. The predicted molar refractivity (Wildman–Crippen MR) is 95.3 cm³/mol. The highest BCUT2D eigenvalue weighted by Gasteiger charge is 2.63. The lowest BCUT2D eigenvalue weighted by atomic mass is 9.48. The molecule has 4 aliphatic rings. The molecule has 4 bridgehead atoms. The number of benzene rings is 1. The molecule has 4 saturated carbocycles. The van der Waals surface area contributed by atoms with E-state index in [0.29, 0.717) is 18.4 Å². The maximum Gasteiger partial charge on any atom is 0.490 e.